The monoisotopic (exact) mass is 229 g/mol. The van der Waals surface area contributed by atoms with E-state index in [1.807, 2.05) is 17.7 Å². The van der Waals surface area contributed by atoms with Crippen LogP contribution in [0.3, 0.4) is 0 Å². The van der Waals surface area contributed by atoms with Crippen molar-refractivity contribution in [3.05, 3.63) is 35.7 Å². The summed E-state index contributed by atoms with van der Waals surface area (Å²) in [5.74, 6) is 0.615. The molecule has 5 heteroatoms. The summed E-state index contributed by atoms with van der Waals surface area (Å²) in [5.41, 5.74) is 3.28. The number of hydrogen-bond acceptors (Lipinski definition) is 4. The quantitative estimate of drug-likeness (QED) is 0.729. The van der Waals surface area contributed by atoms with Gasteiger partial charge in [0.15, 0.2) is 12.0 Å². The maximum absolute atomic E-state index is 10.9. The highest BCUT2D eigenvalue weighted by Crippen LogP contribution is 2.32. The van der Waals surface area contributed by atoms with Crippen molar-refractivity contribution in [2.75, 3.05) is 6.61 Å². The average molecular weight is 229 g/mol. The van der Waals surface area contributed by atoms with Crippen molar-refractivity contribution in [3.8, 4) is 11.4 Å². The molecule has 17 heavy (non-hydrogen) atoms. The van der Waals surface area contributed by atoms with E-state index in [4.69, 9.17) is 4.74 Å². The summed E-state index contributed by atoms with van der Waals surface area (Å²) in [5, 5.41) is 0. The molecule has 0 aromatic carbocycles. The summed E-state index contributed by atoms with van der Waals surface area (Å²) >= 11 is 0. The van der Waals surface area contributed by atoms with Crippen molar-refractivity contribution in [1.82, 2.24) is 14.5 Å². The second kappa shape index (κ2) is 3.69. The van der Waals surface area contributed by atoms with E-state index in [1.54, 1.807) is 12.5 Å². The Balaban J connectivity index is 2.19. The third kappa shape index (κ3) is 1.51. The Morgan fingerprint density at radius 1 is 1.47 bits per heavy atom. The predicted octanol–water partition coefficient (Wildman–Crippen LogP) is 1.32. The Morgan fingerprint density at radius 2 is 2.35 bits per heavy atom. The average Bonchev–Trinajstić information content (AvgIpc) is 2.96. The lowest BCUT2D eigenvalue weighted by molar-refractivity contribution is 0.111. The van der Waals surface area contributed by atoms with E-state index in [0.29, 0.717) is 18.1 Å². The molecule has 0 fully saturated rings. The minimum Gasteiger partial charge on any atom is -0.490 e. The molecule has 2 aromatic heterocycles. The van der Waals surface area contributed by atoms with E-state index in [0.717, 1.165) is 29.7 Å². The number of aromatic nitrogens is 3. The van der Waals surface area contributed by atoms with Crippen LogP contribution in [-0.4, -0.2) is 27.4 Å². The van der Waals surface area contributed by atoms with Gasteiger partial charge in [0.2, 0.25) is 0 Å². The second-order valence-corrected chi connectivity index (χ2v) is 3.97. The zero-order valence-corrected chi connectivity index (χ0v) is 9.38. The van der Waals surface area contributed by atoms with E-state index < -0.39 is 0 Å². The zero-order chi connectivity index (χ0) is 11.8. The maximum atomic E-state index is 10.9. The van der Waals surface area contributed by atoms with Crippen LogP contribution in [0.25, 0.3) is 5.69 Å². The van der Waals surface area contributed by atoms with Gasteiger partial charge < -0.3 is 9.30 Å². The van der Waals surface area contributed by atoms with Crippen LogP contribution in [0.4, 0.5) is 0 Å². The number of hydrogen-bond donors (Lipinski definition) is 0. The fourth-order valence-electron chi connectivity index (χ4n) is 2.06. The maximum Gasteiger partial charge on any atom is 0.172 e. The molecular weight excluding hydrogens is 218 g/mol. The Labute approximate surface area is 98.1 Å². The molecule has 1 aliphatic heterocycles. The largest absolute Gasteiger partial charge is 0.490 e. The summed E-state index contributed by atoms with van der Waals surface area (Å²) in [7, 11) is 0. The van der Waals surface area contributed by atoms with Gasteiger partial charge >= 0.3 is 0 Å². The number of nitrogens with zero attached hydrogens (tertiary/aromatic N) is 3. The van der Waals surface area contributed by atoms with Crippen molar-refractivity contribution in [1.29, 1.82) is 0 Å². The molecule has 2 aromatic rings. The van der Waals surface area contributed by atoms with E-state index in [2.05, 4.69) is 9.97 Å². The number of pyridine rings is 1. The normalized spacial score (nSPS) is 13.2. The summed E-state index contributed by atoms with van der Waals surface area (Å²) in [4.78, 5) is 19.2. The first kappa shape index (κ1) is 10.0. The zero-order valence-electron chi connectivity index (χ0n) is 9.38. The van der Waals surface area contributed by atoms with Crippen LogP contribution >= 0.6 is 0 Å². The van der Waals surface area contributed by atoms with Gasteiger partial charge in [-0.1, -0.05) is 0 Å². The summed E-state index contributed by atoms with van der Waals surface area (Å²) < 4.78 is 7.37. The molecule has 3 rings (SSSR count). The molecule has 0 aliphatic carbocycles. The van der Waals surface area contributed by atoms with Gasteiger partial charge in [-0.15, -0.1) is 0 Å². The first-order valence-electron chi connectivity index (χ1n) is 5.40. The van der Waals surface area contributed by atoms with Crippen molar-refractivity contribution in [2.45, 2.75) is 13.3 Å². The van der Waals surface area contributed by atoms with Crippen molar-refractivity contribution >= 4 is 6.29 Å². The fourth-order valence-corrected chi connectivity index (χ4v) is 2.06. The predicted molar refractivity (Wildman–Crippen MR) is 60.7 cm³/mol. The number of carbonyl (C=O) groups excluding carboxylic acids is 1. The highest BCUT2D eigenvalue weighted by molar-refractivity contribution is 5.78. The molecule has 5 nitrogen and oxygen atoms in total. The number of carbonyl (C=O) groups is 1. The smallest absolute Gasteiger partial charge is 0.172 e. The molecule has 0 amide bonds. The van der Waals surface area contributed by atoms with E-state index in [9.17, 15) is 4.79 Å². The number of aldehydes is 1. The Bertz CT molecular complexity index is 589. The molecule has 1 aliphatic rings. The van der Waals surface area contributed by atoms with Crippen LogP contribution in [0.2, 0.25) is 0 Å². The lowest BCUT2D eigenvalue weighted by atomic mass is 10.1. The third-order valence-electron chi connectivity index (χ3n) is 2.84. The highest BCUT2D eigenvalue weighted by Gasteiger charge is 2.21. The molecule has 0 saturated carbocycles. The fraction of sp³-hybridized carbons (Fsp3) is 0.250. The minimum absolute atomic E-state index is 0.373. The number of rotatable bonds is 2. The molecule has 0 spiro atoms. The molecule has 0 unspecified atom stereocenters. The van der Waals surface area contributed by atoms with Crippen molar-refractivity contribution < 1.29 is 9.53 Å². The van der Waals surface area contributed by atoms with Gasteiger partial charge in [0.1, 0.15) is 5.69 Å². The summed E-state index contributed by atoms with van der Waals surface area (Å²) in [6.45, 7) is 2.53. The Hall–Kier alpha value is -2.17. The van der Waals surface area contributed by atoms with Crippen LogP contribution in [0.1, 0.15) is 21.7 Å². The number of aryl methyl sites for hydroxylation is 1. The summed E-state index contributed by atoms with van der Waals surface area (Å²) in [6.07, 6.45) is 6.89. The molecular formula is C12H11N3O2. The molecule has 0 bridgehead atoms. The Kier molecular flexibility index (Phi) is 2.18. The van der Waals surface area contributed by atoms with Crippen LogP contribution < -0.4 is 4.74 Å². The molecule has 3 heterocycles. The van der Waals surface area contributed by atoms with Crippen LogP contribution in [0, 0.1) is 6.92 Å². The van der Waals surface area contributed by atoms with E-state index in [1.165, 1.54) is 0 Å². The first-order chi connectivity index (χ1) is 8.29. The first-order valence-corrected chi connectivity index (χ1v) is 5.40. The minimum atomic E-state index is 0.373. The van der Waals surface area contributed by atoms with Crippen molar-refractivity contribution in [3.63, 3.8) is 0 Å². The van der Waals surface area contributed by atoms with Crippen LogP contribution in [-0.2, 0) is 6.42 Å². The second-order valence-electron chi connectivity index (χ2n) is 3.97. The van der Waals surface area contributed by atoms with E-state index >= 15 is 0 Å². The van der Waals surface area contributed by atoms with Gasteiger partial charge in [-0.2, -0.15) is 0 Å². The number of fused-ring (bicyclic) bond motifs is 1. The lowest BCUT2D eigenvalue weighted by Gasteiger charge is -2.08. The SMILES string of the molecule is Cc1cn(-c2cnc(C=O)c3c2CCO3)cn1. The number of ether oxygens (including phenoxy) is 1. The summed E-state index contributed by atoms with van der Waals surface area (Å²) in [6, 6.07) is 0. The van der Waals surface area contributed by atoms with Gasteiger partial charge in [-0.3, -0.25) is 4.79 Å². The van der Waals surface area contributed by atoms with E-state index in [-0.39, 0.29) is 0 Å². The molecule has 0 N–H and O–H groups in total. The van der Waals surface area contributed by atoms with Gasteiger partial charge in [0, 0.05) is 18.2 Å². The van der Waals surface area contributed by atoms with Gasteiger partial charge in [-0.05, 0) is 6.92 Å². The molecule has 0 atom stereocenters. The van der Waals surface area contributed by atoms with Gasteiger partial charge in [0.05, 0.1) is 30.5 Å². The van der Waals surface area contributed by atoms with Crippen LogP contribution in [0.15, 0.2) is 18.7 Å². The lowest BCUT2D eigenvalue weighted by Crippen LogP contribution is -1.99. The topological polar surface area (TPSA) is 57.0 Å². The van der Waals surface area contributed by atoms with Gasteiger partial charge in [0.25, 0.3) is 0 Å². The van der Waals surface area contributed by atoms with Crippen LogP contribution in [0.5, 0.6) is 5.75 Å². The third-order valence-corrected chi connectivity index (χ3v) is 2.84. The van der Waals surface area contributed by atoms with Gasteiger partial charge in [-0.25, -0.2) is 9.97 Å². The molecule has 0 radical (unpaired) electrons. The standard InChI is InChI=1S/C12H11N3O2/c1-8-5-15(7-14-8)11-4-13-10(6-16)12-9(11)2-3-17-12/h4-7H,2-3H2,1H3. The van der Waals surface area contributed by atoms with Crippen molar-refractivity contribution in [2.24, 2.45) is 0 Å². The number of imidazole rings is 1. The Morgan fingerprint density at radius 3 is 3.06 bits per heavy atom. The highest BCUT2D eigenvalue weighted by atomic mass is 16.5. The molecule has 86 valence electrons. The molecule has 0 saturated heterocycles.